The van der Waals surface area contributed by atoms with Gasteiger partial charge < -0.3 is 19.7 Å². The van der Waals surface area contributed by atoms with E-state index in [-0.39, 0.29) is 11.3 Å². The van der Waals surface area contributed by atoms with E-state index >= 15 is 0 Å². The molecule has 0 aliphatic carbocycles. The molecule has 2 aliphatic rings. The third-order valence-electron chi connectivity index (χ3n) is 5.96. The second-order valence-electron chi connectivity index (χ2n) is 7.95. The molecule has 5 nitrogen and oxygen atoms in total. The fourth-order valence-corrected chi connectivity index (χ4v) is 4.53. The first-order valence-electron chi connectivity index (χ1n) is 10.2. The SMILES string of the molecule is CCOc1ccc(C=C[C@@]23NC(=O)CN2c2ccccc2C3(C)C)cc1OCC. The van der Waals surface area contributed by atoms with Crippen molar-refractivity contribution in [1.82, 2.24) is 5.32 Å². The molecule has 0 saturated carbocycles. The molecule has 2 heterocycles. The lowest BCUT2D eigenvalue weighted by Gasteiger charge is -2.40. The highest BCUT2D eigenvalue weighted by molar-refractivity contribution is 5.91. The molecule has 1 atom stereocenters. The minimum Gasteiger partial charge on any atom is -0.490 e. The predicted molar refractivity (Wildman–Crippen MR) is 116 cm³/mol. The number of anilines is 1. The Bertz CT molecular complexity index is 966. The third kappa shape index (κ3) is 2.96. The number of hydrogen-bond acceptors (Lipinski definition) is 4. The van der Waals surface area contributed by atoms with Crippen LogP contribution in [0.15, 0.2) is 48.5 Å². The van der Waals surface area contributed by atoms with Gasteiger partial charge in [-0.05, 0) is 49.2 Å². The number of hydrogen-bond donors (Lipinski definition) is 1. The first-order chi connectivity index (χ1) is 13.9. The van der Waals surface area contributed by atoms with E-state index in [0.29, 0.717) is 19.8 Å². The van der Waals surface area contributed by atoms with Gasteiger partial charge in [0.2, 0.25) is 5.91 Å². The van der Waals surface area contributed by atoms with Crippen LogP contribution in [-0.2, 0) is 10.2 Å². The Hall–Kier alpha value is -2.95. The quantitative estimate of drug-likeness (QED) is 0.803. The Labute approximate surface area is 172 Å². The summed E-state index contributed by atoms with van der Waals surface area (Å²) < 4.78 is 11.4. The fraction of sp³-hybridized carbons (Fsp3) is 0.375. The molecule has 0 unspecified atom stereocenters. The summed E-state index contributed by atoms with van der Waals surface area (Å²) in [7, 11) is 0. The number of nitrogens with one attached hydrogen (secondary N) is 1. The van der Waals surface area contributed by atoms with Crippen molar-refractivity contribution in [2.45, 2.75) is 38.8 Å². The van der Waals surface area contributed by atoms with Crippen LogP contribution in [0, 0.1) is 0 Å². The Morgan fingerprint density at radius 1 is 1.07 bits per heavy atom. The van der Waals surface area contributed by atoms with Gasteiger partial charge in [-0.1, -0.05) is 44.2 Å². The summed E-state index contributed by atoms with van der Waals surface area (Å²) in [5.41, 5.74) is 2.48. The van der Waals surface area contributed by atoms with Crippen LogP contribution in [0.25, 0.3) is 6.08 Å². The zero-order chi connectivity index (χ0) is 20.6. The standard InChI is InChI=1S/C24H28N2O3/c1-5-28-20-12-11-17(15-21(20)29-6-2)13-14-24-23(3,4)18-9-7-8-10-19(18)26(24)16-22(27)25-24/h7-15H,5-6,16H2,1-4H3,(H,25,27)/t24-/m1/s1. The average Bonchev–Trinajstić information content (AvgIpc) is 3.13. The molecule has 4 rings (SSSR count). The molecule has 29 heavy (non-hydrogen) atoms. The number of carbonyl (C=O) groups excluding carboxylic acids is 1. The summed E-state index contributed by atoms with van der Waals surface area (Å²) in [5, 5.41) is 3.25. The number of ether oxygens (including phenoxy) is 2. The Kier molecular flexibility index (Phi) is 4.77. The minimum absolute atomic E-state index is 0.0407. The molecule has 5 heteroatoms. The minimum atomic E-state index is -0.599. The van der Waals surface area contributed by atoms with Crippen LogP contribution in [0.1, 0.15) is 38.8 Å². The molecule has 1 saturated heterocycles. The highest BCUT2D eigenvalue weighted by atomic mass is 16.5. The van der Waals surface area contributed by atoms with E-state index in [9.17, 15) is 4.79 Å². The predicted octanol–water partition coefficient (Wildman–Crippen LogP) is 4.12. The zero-order valence-electron chi connectivity index (χ0n) is 17.5. The van der Waals surface area contributed by atoms with Crippen LogP contribution in [0.5, 0.6) is 11.5 Å². The lowest BCUT2D eigenvalue weighted by Crippen LogP contribution is -2.58. The molecule has 0 spiro atoms. The van der Waals surface area contributed by atoms with E-state index in [2.05, 4.69) is 54.4 Å². The highest BCUT2D eigenvalue weighted by Crippen LogP contribution is 2.52. The number of rotatable bonds is 6. The maximum atomic E-state index is 12.4. The third-order valence-corrected chi connectivity index (χ3v) is 5.96. The van der Waals surface area contributed by atoms with Crippen LogP contribution in [-0.4, -0.2) is 31.3 Å². The Morgan fingerprint density at radius 2 is 1.79 bits per heavy atom. The summed E-state index contributed by atoms with van der Waals surface area (Å²) in [6.07, 6.45) is 4.17. The summed E-state index contributed by atoms with van der Waals surface area (Å²) in [5.74, 6) is 1.52. The second-order valence-corrected chi connectivity index (χ2v) is 7.95. The van der Waals surface area contributed by atoms with Crippen molar-refractivity contribution in [2.75, 3.05) is 24.7 Å². The average molecular weight is 392 g/mol. The monoisotopic (exact) mass is 392 g/mol. The van der Waals surface area contributed by atoms with Gasteiger partial charge in [-0.2, -0.15) is 0 Å². The van der Waals surface area contributed by atoms with Crippen LogP contribution in [0.2, 0.25) is 0 Å². The highest BCUT2D eigenvalue weighted by Gasteiger charge is 2.59. The molecule has 1 amide bonds. The van der Waals surface area contributed by atoms with Gasteiger partial charge in [-0.3, -0.25) is 4.79 Å². The topological polar surface area (TPSA) is 50.8 Å². The second kappa shape index (κ2) is 7.14. The van der Waals surface area contributed by atoms with Crippen molar-refractivity contribution in [3.8, 4) is 11.5 Å². The summed E-state index contributed by atoms with van der Waals surface area (Å²) in [4.78, 5) is 14.6. The van der Waals surface area contributed by atoms with Gasteiger partial charge in [0.25, 0.3) is 0 Å². The molecule has 1 fully saturated rings. The van der Waals surface area contributed by atoms with Gasteiger partial charge in [0.1, 0.15) is 5.66 Å². The van der Waals surface area contributed by atoms with Gasteiger partial charge in [0.05, 0.1) is 19.8 Å². The van der Waals surface area contributed by atoms with E-state index in [0.717, 1.165) is 22.7 Å². The number of benzene rings is 2. The molecule has 0 aromatic heterocycles. The molecule has 0 radical (unpaired) electrons. The van der Waals surface area contributed by atoms with Crippen LogP contribution >= 0.6 is 0 Å². The molecule has 0 bridgehead atoms. The zero-order valence-corrected chi connectivity index (χ0v) is 17.5. The van der Waals surface area contributed by atoms with Crippen molar-refractivity contribution in [2.24, 2.45) is 0 Å². The van der Waals surface area contributed by atoms with E-state index in [1.807, 2.05) is 38.1 Å². The lowest BCUT2D eigenvalue weighted by atomic mass is 9.75. The molecule has 2 aromatic carbocycles. The number of fused-ring (bicyclic) bond motifs is 3. The molecule has 2 aromatic rings. The van der Waals surface area contributed by atoms with Crippen LogP contribution in [0.4, 0.5) is 5.69 Å². The Balaban J connectivity index is 1.74. The van der Waals surface area contributed by atoms with E-state index in [1.165, 1.54) is 5.56 Å². The number of para-hydroxylation sites is 1. The summed E-state index contributed by atoms with van der Waals surface area (Å²) >= 11 is 0. The van der Waals surface area contributed by atoms with E-state index in [1.54, 1.807) is 0 Å². The van der Waals surface area contributed by atoms with Gasteiger partial charge in [-0.25, -0.2) is 0 Å². The molecule has 152 valence electrons. The maximum Gasteiger partial charge on any atom is 0.241 e. The van der Waals surface area contributed by atoms with Crippen molar-refractivity contribution < 1.29 is 14.3 Å². The number of amides is 1. The van der Waals surface area contributed by atoms with E-state index < -0.39 is 5.66 Å². The van der Waals surface area contributed by atoms with Gasteiger partial charge in [0.15, 0.2) is 11.5 Å². The number of nitrogens with zero attached hydrogens (tertiary/aromatic N) is 1. The lowest BCUT2D eigenvalue weighted by molar-refractivity contribution is -0.118. The van der Waals surface area contributed by atoms with Crippen molar-refractivity contribution in [3.05, 3.63) is 59.7 Å². The number of carbonyl (C=O) groups is 1. The largest absolute Gasteiger partial charge is 0.490 e. The van der Waals surface area contributed by atoms with Crippen molar-refractivity contribution in [1.29, 1.82) is 0 Å². The Morgan fingerprint density at radius 3 is 2.55 bits per heavy atom. The summed E-state index contributed by atoms with van der Waals surface area (Å²) in [6, 6.07) is 14.3. The smallest absolute Gasteiger partial charge is 0.241 e. The van der Waals surface area contributed by atoms with Crippen LogP contribution in [0.3, 0.4) is 0 Å². The molecular weight excluding hydrogens is 364 g/mol. The fourth-order valence-electron chi connectivity index (χ4n) is 4.53. The summed E-state index contributed by atoms with van der Waals surface area (Å²) in [6.45, 7) is 9.81. The van der Waals surface area contributed by atoms with E-state index in [4.69, 9.17) is 9.47 Å². The maximum absolute atomic E-state index is 12.4. The first kappa shape index (κ1) is 19.4. The van der Waals surface area contributed by atoms with Crippen molar-refractivity contribution in [3.63, 3.8) is 0 Å². The van der Waals surface area contributed by atoms with Gasteiger partial charge >= 0.3 is 0 Å². The molecule has 2 aliphatic heterocycles. The normalized spacial score (nSPS) is 21.8. The van der Waals surface area contributed by atoms with Gasteiger partial charge in [0, 0.05) is 11.1 Å². The van der Waals surface area contributed by atoms with Crippen molar-refractivity contribution >= 4 is 17.7 Å². The first-order valence-corrected chi connectivity index (χ1v) is 10.2. The van der Waals surface area contributed by atoms with Gasteiger partial charge in [-0.15, -0.1) is 0 Å². The molecular formula is C24H28N2O3. The van der Waals surface area contributed by atoms with Crippen LogP contribution < -0.4 is 19.7 Å². The molecule has 1 N–H and O–H groups in total.